The lowest BCUT2D eigenvalue weighted by molar-refractivity contribution is 0.162. The second-order valence-corrected chi connectivity index (χ2v) is 6.88. The molecule has 2 N–H and O–H groups in total. The quantitative estimate of drug-likeness (QED) is 0.920. The summed E-state index contributed by atoms with van der Waals surface area (Å²) in [7, 11) is 0. The fourth-order valence-corrected chi connectivity index (χ4v) is 4.12. The van der Waals surface area contributed by atoms with Crippen molar-refractivity contribution in [2.24, 2.45) is 11.7 Å². The fraction of sp³-hybridized carbons (Fsp3) is 0.471. The van der Waals surface area contributed by atoms with Gasteiger partial charge in [-0.05, 0) is 49.5 Å². The van der Waals surface area contributed by atoms with E-state index in [1.54, 1.807) is 11.3 Å². The van der Waals surface area contributed by atoms with Crippen molar-refractivity contribution in [2.45, 2.75) is 25.3 Å². The molecule has 0 amide bonds. The van der Waals surface area contributed by atoms with Gasteiger partial charge < -0.3 is 5.73 Å². The van der Waals surface area contributed by atoms with E-state index in [-0.39, 0.29) is 5.82 Å². The van der Waals surface area contributed by atoms with Gasteiger partial charge in [-0.15, -0.1) is 11.3 Å². The van der Waals surface area contributed by atoms with Crippen molar-refractivity contribution in [1.29, 1.82) is 0 Å². The number of piperidine rings is 1. The Morgan fingerprint density at radius 2 is 2.00 bits per heavy atom. The average molecular weight is 319 g/mol. The molecule has 0 spiro atoms. The van der Waals surface area contributed by atoms with Crippen LogP contribution in [0.25, 0.3) is 0 Å². The highest BCUT2D eigenvalue weighted by Crippen LogP contribution is 2.33. The highest BCUT2D eigenvalue weighted by atomic mass is 32.1. The summed E-state index contributed by atoms with van der Waals surface area (Å²) in [6, 6.07) is 6.82. The van der Waals surface area contributed by atoms with Crippen LogP contribution in [0, 0.1) is 11.7 Å². The lowest BCUT2D eigenvalue weighted by Gasteiger charge is -2.35. The predicted molar refractivity (Wildman–Crippen MR) is 88.3 cm³/mol. The lowest BCUT2D eigenvalue weighted by atomic mass is 9.84. The van der Waals surface area contributed by atoms with Crippen LogP contribution in [0.15, 0.2) is 35.8 Å². The first-order chi connectivity index (χ1) is 10.8. The molecule has 1 fully saturated rings. The van der Waals surface area contributed by atoms with Gasteiger partial charge in [0.15, 0.2) is 0 Å². The zero-order valence-corrected chi connectivity index (χ0v) is 13.4. The molecule has 0 bridgehead atoms. The summed E-state index contributed by atoms with van der Waals surface area (Å²) >= 11 is 1.71. The van der Waals surface area contributed by atoms with Crippen molar-refractivity contribution in [1.82, 2.24) is 9.88 Å². The minimum atomic E-state index is -0.170. The number of hydrogen-bond donors (Lipinski definition) is 1. The third kappa shape index (κ3) is 3.72. The van der Waals surface area contributed by atoms with Gasteiger partial charge in [-0.2, -0.15) is 0 Å². The molecule has 1 unspecified atom stereocenters. The molecule has 2 heterocycles. The lowest BCUT2D eigenvalue weighted by Crippen LogP contribution is -2.36. The molecule has 1 atom stereocenters. The van der Waals surface area contributed by atoms with Gasteiger partial charge in [0.05, 0.1) is 5.01 Å². The summed E-state index contributed by atoms with van der Waals surface area (Å²) in [5.41, 5.74) is 7.16. The number of rotatable bonds is 5. The summed E-state index contributed by atoms with van der Waals surface area (Å²) in [6.07, 6.45) is 4.18. The van der Waals surface area contributed by atoms with E-state index >= 15 is 0 Å². The summed E-state index contributed by atoms with van der Waals surface area (Å²) in [5.74, 6) is 0.852. The van der Waals surface area contributed by atoms with Gasteiger partial charge in [-0.25, -0.2) is 9.37 Å². The second kappa shape index (κ2) is 7.31. The number of hydrogen-bond acceptors (Lipinski definition) is 4. The molecular weight excluding hydrogens is 297 g/mol. The number of benzene rings is 1. The highest BCUT2D eigenvalue weighted by Gasteiger charge is 2.28. The largest absolute Gasteiger partial charge is 0.330 e. The van der Waals surface area contributed by atoms with E-state index in [0.717, 1.165) is 32.5 Å². The molecule has 1 saturated heterocycles. The zero-order valence-electron chi connectivity index (χ0n) is 12.6. The van der Waals surface area contributed by atoms with Crippen LogP contribution >= 0.6 is 11.3 Å². The van der Waals surface area contributed by atoms with E-state index in [2.05, 4.69) is 9.88 Å². The van der Waals surface area contributed by atoms with Gasteiger partial charge >= 0.3 is 0 Å². The molecule has 5 heteroatoms. The molecule has 1 aliphatic rings. The molecule has 22 heavy (non-hydrogen) atoms. The molecule has 3 rings (SSSR count). The molecule has 1 aliphatic heterocycles. The van der Waals surface area contributed by atoms with Gasteiger partial charge in [0, 0.05) is 30.6 Å². The van der Waals surface area contributed by atoms with Crippen molar-refractivity contribution in [2.75, 3.05) is 19.6 Å². The third-order valence-electron chi connectivity index (χ3n) is 4.54. The standard InChI is InChI=1S/C17H22FN3S/c18-15-3-1-13(2-4-15)12-21-8-5-14(6-9-21)16(11-19)17-20-7-10-22-17/h1-4,7,10,14,16H,5-6,8-9,11-12,19H2. The van der Waals surface area contributed by atoms with Crippen LogP contribution < -0.4 is 5.73 Å². The Labute approximate surface area is 135 Å². The SMILES string of the molecule is NCC(c1nccs1)C1CCN(Cc2ccc(F)cc2)CC1. The van der Waals surface area contributed by atoms with Crippen LogP contribution in [0.1, 0.15) is 29.3 Å². The minimum Gasteiger partial charge on any atom is -0.330 e. The Morgan fingerprint density at radius 1 is 1.27 bits per heavy atom. The number of halogens is 1. The van der Waals surface area contributed by atoms with Crippen LogP contribution in [-0.4, -0.2) is 29.5 Å². The molecular formula is C17H22FN3S. The monoisotopic (exact) mass is 319 g/mol. The Morgan fingerprint density at radius 3 is 2.59 bits per heavy atom. The van der Waals surface area contributed by atoms with Gasteiger partial charge in [0.2, 0.25) is 0 Å². The highest BCUT2D eigenvalue weighted by molar-refractivity contribution is 7.09. The van der Waals surface area contributed by atoms with E-state index in [4.69, 9.17) is 5.73 Å². The van der Waals surface area contributed by atoms with Gasteiger partial charge in [0.25, 0.3) is 0 Å². The number of aromatic nitrogens is 1. The summed E-state index contributed by atoms with van der Waals surface area (Å²) in [4.78, 5) is 6.89. The molecule has 118 valence electrons. The Balaban J connectivity index is 1.54. The van der Waals surface area contributed by atoms with E-state index in [0.29, 0.717) is 18.4 Å². The van der Waals surface area contributed by atoms with Crippen molar-refractivity contribution < 1.29 is 4.39 Å². The van der Waals surface area contributed by atoms with E-state index in [1.807, 2.05) is 23.7 Å². The minimum absolute atomic E-state index is 0.170. The van der Waals surface area contributed by atoms with Crippen LogP contribution in [-0.2, 0) is 6.54 Å². The fourth-order valence-electron chi connectivity index (χ4n) is 3.27. The molecule has 1 aromatic heterocycles. The van der Waals surface area contributed by atoms with E-state index in [1.165, 1.54) is 22.7 Å². The van der Waals surface area contributed by atoms with Gasteiger partial charge in [0.1, 0.15) is 5.82 Å². The normalized spacial score (nSPS) is 18.5. The first-order valence-electron chi connectivity index (χ1n) is 7.82. The first kappa shape index (κ1) is 15.6. The first-order valence-corrected chi connectivity index (χ1v) is 8.70. The molecule has 0 saturated carbocycles. The summed E-state index contributed by atoms with van der Waals surface area (Å²) < 4.78 is 12.9. The maximum atomic E-state index is 12.9. The summed E-state index contributed by atoms with van der Waals surface area (Å²) in [6.45, 7) is 3.72. The van der Waals surface area contributed by atoms with Crippen molar-refractivity contribution in [3.63, 3.8) is 0 Å². The number of nitrogens with two attached hydrogens (primary N) is 1. The molecule has 0 aliphatic carbocycles. The predicted octanol–water partition coefficient (Wildman–Crippen LogP) is 3.24. The van der Waals surface area contributed by atoms with Gasteiger partial charge in [-0.1, -0.05) is 12.1 Å². The second-order valence-electron chi connectivity index (χ2n) is 5.95. The van der Waals surface area contributed by atoms with Crippen LogP contribution in [0.2, 0.25) is 0 Å². The number of nitrogens with zero attached hydrogens (tertiary/aromatic N) is 2. The Bertz CT molecular complexity index is 562. The van der Waals surface area contributed by atoms with Crippen molar-refractivity contribution in [3.05, 3.63) is 52.2 Å². The topological polar surface area (TPSA) is 42.1 Å². The molecule has 3 nitrogen and oxygen atoms in total. The summed E-state index contributed by atoms with van der Waals surface area (Å²) in [5, 5.41) is 3.21. The number of thiazole rings is 1. The Kier molecular flexibility index (Phi) is 5.18. The molecule has 2 aromatic rings. The van der Waals surface area contributed by atoms with Gasteiger partial charge in [-0.3, -0.25) is 4.90 Å². The maximum absolute atomic E-state index is 12.9. The zero-order chi connectivity index (χ0) is 15.4. The number of likely N-dealkylation sites (tertiary alicyclic amines) is 1. The Hall–Kier alpha value is -1.30. The van der Waals surface area contributed by atoms with Crippen molar-refractivity contribution in [3.8, 4) is 0 Å². The molecule has 1 aromatic carbocycles. The van der Waals surface area contributed by atoms with Crippen LogP contribution in [0.3, 0.4) is 0 Å². The average Bonchev–Trinajstić information content (AvgIpc) is 3.06. The third-order valence-corrected chi connectivity index (χ3v) is 5.45. The van der Waals surface area contributed by atoms with Crippen LogP contribution in [0.4, 0.5) is 4.39 Å². The maximum Gasteiger partial charge on any atom is 0.123 e. The van der Waals surface area contributed by atoms with Crippen molar-refractivity contribution >= 4 is 11.3 Å². The van der Waals surface area contributed by atoms with E-state index < -0.39 is 0 Å². The van der Waals surface area contributed by atoms with E-state index in [9.17, 15) is 4.39 Å². The molecule has 0 radical (unpaired) electrons. The smallest absolute Gasteiger partial charge is 0.123 e. The van der Waals surface area contributed by atoms with Crippen LogP contribution in [0.5, 0.6) is 0 Å².